The monoisotopic (exact) mass is 270 g/mol. The fraction of sp³-hybridized carbons (Fsp3) is 0.267. The second-order valence-electron chi connectivity index (χ2n) is 4.87. The third-order valence-corrected chi connectivity index (χ3v) is 2.77. The van der Waals surface area contributed by atoms with Crippen LogP contribution in [0.3, 0.4) is 0 Å². The van der Waals surface area contributed by atoms with Crippen molar-refractivity contribution in [2.45, 2.75) is 13.1 Å². The Kier molecular flexibility index (Phi) is 4.79. The lowest BCUT2D eigenvalue weighted by atomic mass is 10.1. The molecule has 0 aliphatic carbocycles. The highest BCUT2D eigenvalue weighted by atomic mass is 16.1. The van der Waals surface area contributed by atoms with E-state index < -0.39 is 0 Å². The molecule has 20 heavy (non-hydrogen) atoms. The van der Waals surface area contributed by atoms with E-state index in [0.29, 0.717) is 12.1 Å². The van der Waals surface area contributed by atoms with E-state index in [1.807, 2.05) is 26.2 Å². The van der Waals surface area contributed by atoms with Gasteiger partial charge in [-0.3, -0.25) is 4.79 Å². The Balaban J connectivity index is 1.95. The molecule has 0 unspecified atom stereocenters. The van der Waals surface area contributed by atoms with E-state index in [-0.39, 0.29) is 5.91 Å². The van der Waals surface area contributed by atoms with Crippen molar-refractivity contribution >= 4 is 5.91 Å². The summed E-state index contributed by atoms with van der Waals surface area (Å²) in [4.78, 5) is 21.7. The van der Waals surface area contributed by atoms with Crippen molar-refractivity contribution < 1.29 is 4.79 Å². The first-order valence-corrected chi connectivity index (χ1v) is 6.41. The summed E-state index contributed by atoms with van der Waals surface area (Å²) in [6.45, 7) is 1.38. The minimum absolute atomic E-state index is 0.163. The molecule has 0 spiro atoms. The first-order chi connectivity index (χ1) is 9.65. The van der Waals surface area contributed by atoms with Gasteiger partial charge in [0, 0.05) is 25.5 Å². The number of nitrogens with zero attached hydrogens (tertiary/aromatic N) is 3. The number of carbonyl (C=O) groups excluding carboxylic acids is 1. The molecule has 5 heteroatoms. The van der Waals surface area contributed by atoms with Gasteiger partial charge in [0.05, 0.1) is 5.56 Å². The zero-order chi connectivity index (χ0) is 14.4. The average molecular weight is 270 g/mol. The molecule has 1 amide bonds. The van der Waals surface area contributed by atoms with Crippen LogP contribution in [0.25, 0.3) is 0 Å². The number of amides is 1. The minimum atomic E-state index is -0.163. The molecule has 0 bridgehead atoms. The second kappa shape index (κ2) is 6.77. The Morgan fingerprint density at radius 3 is 2.60 bits per heavy atom. The molecular formula is C15H18N4O. The lowest BCUT2D eigenvalue weighted by Crippen LogP contribution is -2.23. The average Bonchev–Trinajstić information content (AvgIpc) is 2.45. The molecule has 0 atom stereocenters. The zero-order valence-electron chi connectivity index (χ0n) is 11.7. The summed E-state index contributed by atoms with van der Waals surface area (Å²) in [5.41, 5.74) is 2.77. The lowest BCUT2D eigenvalue weighted by molar-refractivity contribution is 0.0950. The Morgan fingerprint density at radius 1 is 1.20 bits per heavy atom. The number of aromatic nitrogens is 2. The van der Waals surface area contributed by atoms with Gasteiger partial charge in [0.1, 0.15) is 6.33 Å². The van der Waals surface area contributed by atoms with Crippen molar-refractivity contribution in [2.75, 3.05) is 14.1 Å². The predicted octanol–water partition coefficient (Wildman–Crippen LogP) is 1.47. The van der Waals surface area contributed by atoms with Gasteiger partial charge in [-0.2, -0.15) is 0 Å². The summed E-state index contributed by atoms with van der Waals surface area (Å²) in [7, 11) is 4.06. The molecule has 0 aliphatic heterocycles. The van der Waals surface area contributed by atoms with Gasteiger partial charge >= 0.3 is 0 Å². The van der Waals surface area contributed by atoms with Crippen molar-refractivity contribution in [3.8, 4) is 0 Å². The Bertz CT molecular complexity index is 569. The fourth-order valence-corrected chi connectivity index (χ4v) is 1.90. The van der Waals surface area contributed by atoms with Crippen molar-refractivity contribution in [1.82, 2.24) is 20.2 Å². The van der Waals surface area contributed by atoms with E-state index in [2.05, 4.69) is 32.3 Å². The van der Waals surface area contributed by atoms with E-state index in [9.17, 15) is 4.79 Å². The van der Waals surface area contributed by atoms with Gasteiger partial charge in [-0.15, -0.1) is 0 Å². The van der Waals surface area contributed by atoms with Crippen LogP contribution in [0.4, 0.5) is 0 Å². The van der Waals surface area contributed by atoms with Crippen LogP contribution in [0.1, 0.15) is 21.5 Å². The minimum Gasteiger partial charge on any atom is -0.348 e. The molecule has 1 aromatic heterocycles. The standard InChI is InChI=1S/C15H18N4O/c1-19(2)10-13-5-3-4-12(6-13)7-18-15(20)14-8-16-11-17-9-14/h3-6,8-9,11H,7,10H2,1-2H3,(H,18,20). The van der Waals surface area contributed by atoms with Crippen LogP contribution in [0, 0.1) is 0 Å². The largest absolute Gasteiger partial charge is 0.348 e. The van der Waals surface area contributed by atoms with E-state index in [4.69, 9.17) is 0 Å². The van der Waals surface area contributed by atoms with Gasteiger partial charge < -0.3 is 10.2 Å². The van der Waals surface area contributed by atoms with Gasteiger partial charge in [0.2, 0.25) is 0 Å². The Labute approximate surface area is 118 Å². The Morgan fingerprint density at radius 2 is 1.90 bits per heavy atom. The van der Waals surface area contributed by atoms with Crippen molar-refractivity contribution in [3.63, 3.8) is 0 Å². The maximum Gasteiger partial charge on any atom is 0.254 e. The van der Waals surface area contributed by atoms with Crippen LogP contribution in [0.15, 0.2) is 43.0 Å². The van der Waals surface area contributed by atoms with Crippen molar-refractivity contribution in [1.29, 1.82) is 0 Å². The predicted molar refractivity (Wildman–Crippen MR) is 77.0 cm³/mol. The number of carbonyl (C=O) groups is 1. The molecule has 0 saturated carbocycles. The van der Waals surface area contributed by atoms with Crippen LogP contribution in [0.5, 0.6) is 0 Å². The molecular weight excluding hydrogens is 252 g/mol. The van der Waals surface area contributed by atoms with Gasteiger partial charge in [-0.05, 0) is 25.2 Å². The molecule has 5 nitrogen and oxygen atoms in total. The smallest absolute Gasteiger partial charge is 0.254 e. The van der Waals surface area contributed by atoms with Crippen LogP contribution < -0.4 is 5.32 Å². The summed E-state index contributed by atoms with van der Waals surface area (Å²) in [6.07, 6.45) is 4.41. The molecule has 104 valence electrons. The third kappa shape index (κ3) is 4.13. The molecule has 0 aliphatic rings. The highest BCUT2D eigenvalue weighted by Crippen LogP contribution is 2.07. The van der Waals surface area contributed by atoms with Gasteiger partial charge in [-0.1, -0.05) is 24.3 Å². The molecule has 2 rings (SSSR count). The highest BCUT2D eigenvalue weighted by molar-refractivity contribution is 5.93. The van der Waals surface area contributed by atoms with Crippen molar-refractivity contribution in [2.24, 2.45) is 0 Å². The van der Waals surface area contributed by atoms with E-state index in [1.54, 1.807) is 0 Å². The number of benzene rings is 1. The van der Waals surface area contributed by atoms with E-state index >= 15 is 0 Å². The second-order valence-corrected chi connectivity index (χ2v) is 4.87. The molecule has 2 aromatic rings. The highest BCUT2D eigenvalue weighted by Gasteiger charge is 2.05. The molecule has 0 saturated heterocycles. The van der Waals surface area contributed by atoms with Crippen LogP contribution in [0.2, 0.25) is 0 Å². The van der Waals surface area contributed by atoms with Crippen LogP contribution in [-0.2, 0) is 13.1 Å². The zero-order valence-corrected chi connectivity index (χ0v) is 11.7. The molecule has 0 radical (unpaired) electrons. The number of hydrogen-bond acceptors (Lipinski definition) is 4. The summed E-state index contributed by atoms with van der Waals surface area (Å²) >= 11 is 0. The number of rotatable bonds is 5. The van der Waals surface area contributed by atoms with Crippen LogP contribution in [-0.4, -0.2) is 34.9 Å². The fourth-order valence-electron chi connectivity index (χ4n) is 1.90. The normalized spacial score (nSPS) is 10.6. The topological polar surface area (TPSA) is 58.1 Å². The molecule has 1 N–H and O–H groups in total. The molecule has 1 aromatic carbocycles. The van der Waals surface area contributed by atoms with Crippen molar-refractivity contribution in [3.05, 3.63) is 59.7 Å². The maximum absolute atomic E-state index is 11.9. The summed E-state index contributed by atoms with van der Waals surface area (Å²) in [5.74, 6) is -0.163. The molecule has 1 heterocycles. The quantitative estimate of drug-likeness (QED) is 0.894. The SMILES string of the molecule is CN(C)Cc1cccc(CNC(=O)c2cncnc2)c1. The van der Waals surface area contributed by atoms with Gasteiger partial charge in [-0.25, -0.2) is 9.97 Å². The van der Waals surface area contributed by atoms with E-state index in [0.717, 1.165) is 12.1 Å². The third-order valence-electron chi connectivity index (χ3n) is 2.77. The maximum atomic E-state index is 11.9. The number of hydrogen-bond donors (Lipinski definition) is 1. The first-order valence-electron chi connectivity index (χ1n) is 6.41. The van der Waals surface area contributed by atoms with Crippen LogP contribution >= 0.6 is 0 Å². The van der Waals surface area contributed by atoms with Gasteiger partial charge in [0.15, 0.2) is 0 Å². The van der Waals surface area contributed by atoms with Gasteiger partial charge in [0.25, 0.3) is 5.91 Å². The molecule has 0 fully saturated rings. The summed E-state index contributed by atoms with van der Waals surface area (Å²) in [5, 5.41) is 2.86. The number of nitrogens with one attached hydrogen (secondary N) is 1. The first kappa shape index (κ1) is 14.1. The summed E-state index contributed by atoms with van der Waals surface area (Å²) < 4.78 is 0. The lowest BCUT2D eigenvalue weighted by Gasteiger charge is -2.11. The van der Waals surface area contributed by atoms with E-state index in [1.165, 1.54) is 24.3 Å². The summed E-state index contributed by atoms with van der Waals surface area (Å²) in [6, 6.07) is 8.19. The Hall–Kier alpha value is -2.27.